The van der Waals surface area contributed by atoms with Crippen molar-refractivity contribution in [2.45, 2.75) is 59.0 Å². The largest absolute Gasteiger partial charge is 0.507 e. The zero-order valence-corrected chi connectivity index (χ0v) is 16.5. The standard InChI is InChI=1S/C22H31NO2/c1-21(2,3)17-12-16(14-23-22(4,5)6)20(24)19(13-17)15-8-10-18(25-7)11-9-15/h8-13,23-24H,14H2,1-7H3. The molecule has 2 aromatic carbocycles. The van der Waals surface area contributed by atoms with Crippen molar-refractivity contribution in [1.29, 1.82) is 0 Å². The van der Waals surface area contributed by atoms with E-state index < -0.39 is 0 Å². The quantitative estimate of drug-likeness (QED) is 0.797. The van der Waals surface area contributed by atoms with Crippen molar-refractivity contribution in [3.05, 3.63) is 47.5 Å². The second kappa shape index (κ2) is 7.09. The minimum absolute atomic E-state index is 0.00536. The van der Waals surface area contributed by atoms with E-state index in [1.807, 2.05) is 24.3 Å². The number of hydrogen-bond acceptors (Lipinski definition) is 3. The van der Waals surface area contributed by atoms with Crippen molar-refractivity contribution in [2.24, 2.45) is 0 Å². The maximum absolute atomic E-state index is 10.9. The molecule has 2 aromatic rings. The van der Waals surface area contributed by atoms with Crippen LogP contribution in [0.15, 0.2) is 36.4 Å². The van der Waals surface area contributed by atoms with Crippen molar-refractivity contribution in [2.75, 3.05) is 7.11 Å². The predicted octanol–water partition coefficient (Wildman–Crippen LogP) is 5.25. The molecule has 0 fully saturated rings. The fourth-order valence-corrected chi connectivity index (χ4v) is 2.61. The van der Waals surface area contributed by atoms with Crippen LogP contribution in [0.5, 0.6) is 11.5 Å². The Bertz CT molecular complexity index is 719. The van der Waals surface area contributed by atoms with Gasteiger partial charge < -0.3 is 15.2 Å². The smallest absolute Gasteiger partial charge is 0.127 e. The summed E-state index contributed by atoms with van der Waals surface area (Å²) in [5.74, 6) is 1.15. The third kappa shape index (κ3) is 4.99. The van der Waals surface area contributed by atoms with Gasteiger partial charge in [0.25, 0.3) is 0 Å². The molecule has 0 atom stereocenters. The zero-order valence-electron chi connectivity index (χ0n) is 16.5. The summed E-state index contributed by atoms with van der Waals surface area (Å²) in [5.41, 5.74) is 3.98. The summed E-state index contributed by atoms with van der Waals surface area (Å²) < 4.78 is 5.24. The number of ether oxygens (including phenoxy) is 1. The summed E-state index contributed by atoms with van der Waals surface area (Å²) in [6.07, 6.45) is 0. The van der Waals surface area contributed by atoms with E-state index in [0.29, 0.717) is 12.3 Å². The van der Waals surface area contributed by atoms with Gasteiger partial charge in [0, 0.05) is 23.2 Å². The van der Waals surface area contributed by atoms with Crippen LogP contribution in [-0.2, 0) is 12.0 Å². The number of hydrogen-bond donors (Lipinski definition) is 2. The minimum Gasteiger partial charge on any atom is -0.507 e. The molecular formula is C22H31NO2. The molecule has 3 heteroatoms. The van der Waals surface area contributed by atoms with Gasteiger partial charge in [0.2, 0.25) is 0 Å². The summed E-state index contributed by atoms with van der Waals surface area (Å²) in [6, 6.07) is 12.0. The van der Waals surface area contributed by atoms with Crippen LogP contribution in [0.2, 0.25) is 0 Å². The highest BCUT2D eigenvalue weighted by Crippen LogP contribution is 2.38. The molecule has 0 heterocycles. The summed E-state index contributed by atoms with van der Waals surface area (Å²) in [7, 11) is 1.66. The average molecular weight is 341 g/mol. The number of aromatic hydroxyl groups is 1. The summed E-state index contributed by atoms with van der Waals surface area (Å²) in [4.78, 5) is 0. The average Bonchev–Trinajstić information content (AvgIpc) is 2.52. The Morgan fingerprint density at radius 3 is 2.04 bits per heavy atom. The third-order valence-electron chi connectivity index (χ3n) is 4.27. The van der Waals surface area contributed by atoms with Gasteiger partial charge >= 0.3 is 0 Å². The highest BCUT2D eigenvalue weighted by Gasteiger charge is 2.20. The molecule has 0 aliphatic heterocycles. The molecule has 25 heavy (non-hydrogen) atoms. The van der Waals surface area contributed by atoms with Gasteiger partial charge in [0.05, 0.1) is 7.11 Å². The minimum atomic E-state index is -0.00947. The van der Waals surface area contributed by atoms with Crippen LogP contribution >= 0.6 is 0 Å². The maximum atomic E-state index is 10.9. The van der Waals surface area contributed by atoms with Crippen LogP contribution in [0.4, 0.5) is 0 Å². The molecule has 0 aromatic heterocycles. The summed E-state index contributed by atoms with van der Waals surface area (Å²) in [5, 5.41) is 14.4. The molecule has 0 saturated carbocycles. The molecule has 0 unspecified atom stereocenters. The first kappa shape index (κ1) is 19.3. The lowest BCUT2D eigenvalue weighted by atomic mass is 9.83. The van der Waals surface area contributed by atoms with E-state index in [-0.39, 0.29) is 11.0 Å². The number of benzene rings is 2. The molecule has 0 amide bonds. The van der Waals surface area contributed by atoms with Crippen LogP contribution in [0, 0.1) is 0 Å². The van der Waals surface area contributed by atoms with Crippen molar-refractivity contribution in [3.8, 4) is 22.6 Å². The topological polar surface area (TPSA) is 41.5 Å². The van der Waals surface area contributed by atoms with Gasteiger partial charge in [-0.3, -0.25) is 0 Å². The predicted molar refractivity (Wildman–Crippen MR) is 105 cm³/mol. The highest BCUT2D eigenvalue weighted by atomic mass is 16.5. The Morgan fingerprint density at radius 2 is 1.56 bits per heavy atom. The van der Waals surface area contributed by atoms with Crippen LogP contribution in [0.25, 0.3) is 11.1 Å². The lowest BCUT2D eigenvalue weighted by Gasteiger charge is -2.25. The fourth-order valence-electron chi connectivity index (χ4n) is 2.61. The Hall–Kier alpha value is -2.00. The van der Waals surface area contributed by atoms with E-state index in [1.54, 1.807) is 7.11 Å². The maximum Gasteiger partial charge on any atom is 0.127 e. The normalized spacial score (nSPS) is 12.3. The summed E-state index contributed by atoms with van der Waals surface area (Å²) in [6.45, 7) is 13.6. The number of methoxy groups -OCH3 is 1. The summed E-state index contributed by atoms with van der Waals surface area (Å²) >= 11 is 0. The van der Waals surface area contributed by atoms with Gasteiger partial charge in [-0.2, -0.15) is 0 Å². The van der Waals surface area contributed by atoms with E-state index in [4.69, 9.17) is 4.74 Å². The van der Waals surface area contributed by atoms with E-state index in [2.05, 4.69) is 59.0 Å². The second-order valence-corrected chi connectivity index (χ2v) is 8.61. The Kier molecular flexibility index (Phi) is 5.48. The highest BCUT2D eigenvalue weighted by molar-refractivity contribution is 5.73. The molecule has 136 valence electrons. The van der Waals surface area contributed by atoms with Gasteiger partial charge in [-0.25, -0.2) is 0 Å². The molecule has 0 aliphatic carbocycles. The monoisotopic (exact) mass is 341 g/mol. The fraction of sp³-hybridized carbons (Fsp3) is 0.455. The zero-order chi connectivity index (χ0) is 18.8. The van der Waals surface area contributed by atoms with E-state index in [0.717, 1.165) is 22.4 Å². The van der Waals surface area contributed by atoms with E-state index in [1.165, 1.54) is 5.56 Å². The molecular weight excluding hydrogens is 310 g/mol. The van der Waals surface area contributed by atoms with Gasteiger partial charge in [-0.05, 0) is 55.5 Å². The Balaban J connectivity index is 2.53. The molecule has 0 bridgehead atoms. The van der Waals surface area contributed by atoms with E-state index in [9.17, 15) is 5.11 Å². The SMILES string of the molecule is COc1ccc(-c2cc(C(C)(C)C)cc(CNC(C)(C)C)c2O)cc1. The molecule has 0 radical (unpaired) electrons. The van der Waals surface area contributed by atoms with Gasteiger partial charge in [-0.1, -0.05) is 39.0 Å². The molecule has 0 aliphatic rings. The number of phenolic OH excluding ortho intramolecular Hbond substituents is 1. The van der Waals surface area contributed by atoms with Crippen molar-refractivity contribution in [3.63, 3.8) is 0 Å². The number of rotatable bonds is 4. The number of phenols is 1. The molecule has 3 nitrogen and oxygen atoms in total. The Labute approximate surface area is 152 Å². The first-order chi connectivity index (χ1) is 11.5. The molecule has 0 spiro atoms. The second-order valence-electron chi connectivity index (χ2n) is 8.61. The molecule has 2 N–H and O–H groups in total. The van der Waals surface area contributed by atoms with E-state index >= 15 is 0 Å². The van der Waals surface area contributed by atoms with Crippen LogP contribution in [0.1, 0.15) is 52.7 Å². The lowest BCUT2D eigenvalue weighted by Crippen LogP contribution is -2.35. The van der Waals surface area contributed by atoms with Crippen LogP contribution < -0.4 is 10.1 Å². The van der Waals surface area contributed by atoms with Crippen molar-refractivity contribution < 1.29 is 9.84 Å². The number of nitrogens with one attached hydrogen (secondary N) is 1. The molecule has 0 saturated heterocycles. The third-order valence-corrected chi connectivity index (χ3v) is 4.27. The molecule has 2 rings (SSSR count). The Morgan fingerprint density at radius 1 is 0.960 bits per heavy atom. The van der Waals surface area contributed by atoms with Gasteiger partial charge in [0.15, 0.2) is 0 Å². The van der Waals surface area contributed by atoms with Crippen LogP contribution in [0.3, 0.4) is 0 Å². The first-order valence-corrected chi connectivity index (χ1v) is 8.77. The van der Waals surface area contributed by atoms with Gasteiger partial charge in [-0.15, -0.1) is 0 Å². The van der Waals surface area contributed by atoms with Crippen molar-refractivity contribution >= 4 is 0 Å². The lowest BCUT2D eigenvalue weighted by molar-refractivity contribution is 0.411. The first-order valence-electron chi connectivity index (χ1n) is 8.77. The van der Waals surface area contributed by atoms with Crippen molar-refractivity contribution in [1.82, 2.24) is 5.32 Å². The van der Waals surface area contributed by atoms with Crippen LogP contribution in [-0.4, -0.2) is 17.8 Å². The van der Waals surface area contributed by atoms with Gasteiger partial charge in [0.1, 0.15) is 11.5 Å².